The average molecular weight is 646 g/mol. The number of anilines is 1. The van der Waals surface area contributed by atoms with Crippen LogP contribution in [0.1, 0.15) is 59.4 Å². The number of amides is 4. The summed E-state index contributed by atoms with van der Waals surface area (Å²) in [5.74, 6) is -2.41. The Bertz CT molecular complexity index is 1790. The largest absolute Gasteiger partial charge is 0.471 e. The minimum Gasteiger partial charge on any atom is -0.361 e. The highest BCUT2D eigenvalue weighted by molar-refractivity contribution is 5.98. The average Bonchev–Trinajstić information content (AvgIpc) is 3.50. The smallest absolute Gasteiger partial charge is 0.361 e. The van der Waals surface area contributed by atoms with E-state index in [0.717, 1.165) is 39.8 Å². The maximum atomic E-state index is 14.0. The van der Waals surface area contributed by atoms with E-state index in [-0.39, 0.29) is 25.5 Å². The van der Waals surface area contributed by atoms with Crippen molar-refractivity contribution in [3.63, 3.8) is 0 Å². The lowest BCUT2D eigenvalue weighted by atomic mass is 9.87. The van der Waals surface area contributed by atoms with Gasteiger partial charge >= 0.3 is 18.1 Å². The number of nitrogens with zero attached hydrogens (tertiary/aromatic N) is 2. The number of halogens is 3. The van der Waals surface area contributed by atoms with Crippen LogP contribution in [0.4, 0.5) is 23.7 Å². The molecule has 11 heteroatoms. The van der Waals surface area contributed by atoms with E-state index >= 15 is 0 Å². The summed E-state index contributed by atoms with van der Waals surface area (Å²) < 4.78 is 39.3. The van der Waals surface area contributed by atoms with Gasteiger partial charge in [-0.15, -0.1) is 0 Å². The summed E-state index contributed by atoms with van der Waals surface area (Å²) in [6.07, 6.45) is -1.20. The second-order valence-corrected chi connectivity index (χ2v) is 12.6. The number of urea groups is 1. The van der Waals surface area contributed by atoms with Gasteiger partial charge in [-0.25, -0.2) is 4.79 Å². The topological polar surface area (TPSA) is 97.5 Å². The molecule has 4 amide bonds. The summed E-state index contributed by atoms with van der Waals surface area (Å²) >= 11 is 0. The van der Waals surface area contributed by atoms with Crippen molar-refractivity contribution >= 4 is 34.4 Å². The zero-order chi connectivity index (χ0) is 33.3. The molecule has 6 rings (SSSR count). The third-order valence-electron chi connectivity index (χ3n) is 9.60. The molecule has 3 heterocycles. The molecule has 0 spiro atoms. The Hall–Kier alpha value is -4.80. The fourth-order valence-electron chi connectivity index (χ4n) is 6.94. The molecule has 3 N–H and O–H groups in total. The van der Waals surface area contributed by atoms with Gasteiger partial charge in [0.15, 0.2) is 0 Å². The fraction of sp³-hybridized carbons (Fsp3) is 0.361. The molecular formula is C36H38F3N5O3. The number of fused-ring (bicyclic) bond motifs is 2. The van der Waals surface area contributed by atoms with Crippen LogP contribution < -0.4 is 10.6 Å². The van der Waals surface area contributed by atoms with Gasteiger partial charge in [0.05, 0.1) is 0 Å². The van der Waals surface area contributed by atoms with Crippen LogP contribution in [0.5, 0.6) is 0 Å². The second-order valence-electron chi connectivity index (χ2n) is 12.6. The highest BCUT2D eigenvalue weighted by Crippen LogP contribution is 2.32. The van der Waals surface area contributed by atoms with Crippen molar-refractivity contribution in [2.45, 2.75) is 63.7 Å². The van der Waals surface area contributed by atoms with E-state index in [1.54, 1.807) is 23.1 Å². The van der Waals surface area contributed by atoms with E-state index in [0.29, 0.717) is 30.3 Å². The number of para-hydroxylation sites is 1. The van der Waals surface area contributed by atoms with E-state index < -0.39 is 30.0 Å². The van der Waals surface area contributed by atoms with Crippen LogP contribution in [0, 0.1) is 6.92 Å². The quantitative estimate of drug-likeness (QED) is 0.220. The summed E-state index contributed by atoms with van der Waals surface area (Å²) in [5, 5.41) is 6.84. The van der Waals surface area contributed by atoms with Gasteiger partial charge < -0.3 is 25.4 Å². The first kappa shape index (κ1) is 32.2. The maximum Gasteiger partial charge on any atom is 0.471 e. The molecule has 2 unspecified atom stereocenters. The molecule has 1 fully saturated rings. The fourth-order valence-corrected chi connectivity index (χ4v) is 6.94. The number of hydrogen-bond acceptors (Lipinski definition) is 3. The first-order chi connectivity index (χ1) is 22.5. The van der Waals surface area contributed by atoms with E-state index in [1.165, 1.54) is 11.1 Å². The molecule has 2 aliphatic rings. The normalized spacial score (nSPS) is 16.8. The lowest BCUT2D eigenvalue weighted by Crippen LogP contribution is -2.53. The standard InChI is InChI=1S/C36H38F3N5O3/c1-22-7-3-4-8-28(22)25-14-16-43(17-15-25)35(47)42-32(23(2)30-20-40-31-10-6-5-9-29(30)31)33(45)41-27-12-11-24-13-18-44(21-26(24)19-27)34(46)36(37,38)39/h3-12,19-20,23,25,32,40H,13-18,21H2,1-2H3,(H,41,45)(H,42,47). The number of aromatic amines is 1. The van der Waals surface area contributed by atoms with Crippen LogP contribution in [-0.2, 0) is 22.6 Å². The van der Waals surface area contributed by atoms with Gasteiger partial charge in [0, 0.05) is 54.9 Å². The highest BCUT2D eigenvalue weighted by atomic mass is 19.4. The van der Waals surface area contributed by atoms with E-state index in [4.69, 9.17) is 0 Å². The number of piperidine rings is 1. The molecule has 2 atom stereocenters. The summed E-state index contributed by atoms with van der Waals surface area (Å²) in [7, 11) is 0. The van der Waals surface area contributed by atoms with Crippen LogP contribution in [0.2, 0.25) is 0 Å². The monoisotopic (exact) mass is 645 g/mol. The first-order valence-corrected chi connectivity index (χ1v) is 16.0. The molecule has 246 valence electrons. The van der Waals surface area contributed by atoms with Gasteiger partial charge in [-0.2, -0.15) is 13.2 Å². The van der Waals surface area contributed by atoms with Crippen molar-refractivity contribution in [1.29, 1.82) is 0 Å². The second kappa shape index (κ2) is 13.1. The van der Waals surface area contributed by atoms with Crippen molar-refractivity contribution in [2.75, 3.05) is 25.0 Å². The zero-order valence-corrected chi connectivity index (χ0v) is 26.4. The lowest BCUT2D eigenvalue weighted by Gasteiger charge is -2.34. The molecule has 8 nitrogen and oxygen atoms in total. The molecule has 0 bridgehead atoms. The van der Waals surface area contributed by atoms with Crippen molar-refractivity contribution in [2.24, 2.45) is 0 Å². The van der Waals surface area contributed by atoms with Crippen LogP contribution in [0.3, 0.4) is 0 Å². The molecule has 3 aromatic carbocycles. The van der Waals surface area contributed by atoms with E-state index in [2.05, 4.69) is 34.7 Å². The number of carbonyl (C=O) groups is 3. The predicted molar refractivity (Wildman–Crippen MR) is 174 cm³/mol. The molecule has 4 aromatic rings. The van der Waals surface area contributed by atoms with Crippen molar-refractivity contribution in [1.82, 2.24) is 20.1 Å². The number of hydrogen-bond donors (Lipinski definition) is 3. The van der Waals surface area contributed by atoms with Gasteiger partial charge in [0.1, 0.15) is 6.04 Å². The number of rotatable bonds is 6. The minimum absolute atomic E-state index is 0.0322. The summed E-state index contributed by atoms with van der Waals surface area (Å²) in [4.78, 5) is 45.3. The van der Waals surface area contributed by atoms with Gasteiger partial charge in [-0.1, -0.05) is 55.5 Å². The van der Waals surface area contributed by atoms with Crippen LogP contribution in [-0.4, -0.2) is 64.5 Å². The SMILES string of the molecule is Cc1ccccc1C1CCN(C(=O)NC(C(=O)Nc2ccc3c(c2)CN(C(=O)C(F)(F)F)CC3)C(C)c2c[nH]c3ccccc23)CC1. The summed E-state index contributed by atoms with van der Waals surface area (Å²) in [6, 6.07) is 19.8. The number of alkyl halides is 3. The number of aryl methyl sites for hydroxylation is 1. The van der Waals surface area contributed by atoms with Gasteiger partial charge in [0.2, 0.25) is 5.91 Å². The van der Waals surface area contributed by atoms with Crippen LogP contribution >= 0.6 is 0 Å². The Labute approximate surface area is 271 Å². The van der Waals surface area contributed by atoms with Crippen molar-refractivity contribution in [3.8, 4) is 0 Å². The molecule has 1 saturated heterocycles. The van der Waals surface area contributed by atoms with Crippen molar-refractivity contribution in [3.05, 3.63) is 101 Å². The van der Waals surface area contributed by atoms with Gasteiger partial charge in [0.25, 0.3) is 0 Å². The Morgan fingerprint density at radius 1 is 0.915 bits per heavy atom. The zero-order valence-electron chi connectivity index (χ0n) is 26.4. The Morgan fingerprint density at radius 3 is 2.38 bits per heavy atom. The third-order valence-corrected chi connectivity index (χ3v) is 9.60. The van der Waals surface area contributed by atoms with Crippen LogP contribution in [0.15, 0.2) is 72.9 Å². The molecule has 0 radical (unpaired) electrons. The third kappa shape index (κ3) is 6.84. The highest BCUT2D eigenvalue weighted by Gasteiger charge is 2.43. The first-order valence-electron chi connectivity index (χ1n) is 16.0. The summed E-state index contributed by atoms with van der Waals surface area (Å²) in [5.41, 5.74) is 6.04. The number of aromatic nitrogens is 1. The molecule has 1 aromatic heterocycles. The number of nitrogens with one attached hydrogen (secondary N) is 3. The molecule has 0 aliphatic carbocycles. The van der Waals surface area contributed by atoms with Crippen LogP contribution in [0.25, 0.3) is 10.9 Å². The molecule has 0 saturated carbocycles. The van der Waals surface area contributed by atoms with Crippen molar-refractivity contribution < 1.29 is 27.6 Å². The Kier molecular flexibility index (Phi) is 8.98. The minimum atomic E-state index is -4.96. The van der Waals surface area contributed by atoms with Gasteiger partial charge in [-0.05, 0) is 78.1 Å². The number of H-pyrrole nitrogens is 1. The number of carbonyl (C=O) groups excluding carboxylic acids is 3. The number of benzene rings is 3. The Balaban J connectivity index is 1.20. The van der Waals surface area contributed by atoms with Gasteiger partial charge in [-0.3, -0.25) is 9.59 Å². The molecule has 2 aliphatic heterocycles. The lowest BCUT2D eigenvalue weighted by molar-refractivity contribution is -0.186. The number of likely N-dealkylation sites (tertiary alicyclic amines) is 1. The van der Waals surface area contributed by atoms with E-state index in [1.807, 2.05) is 49.5 Å². The summed E-state index contributed by atoms with van der Waals surface area (Å²) in [6.45, 7) is 4.86. The molecular weight excluding hydrogens is 607 g/mol. The van der Waals surface area contributed by atoms with E-state index in [9.17, 15) is 27.6 Å². The molecule has 47 heavy (non-hydrogen) atoms. The maximum absolute atomic E-state index is 14.0. The predicted octanol–water partition coefficient (Wildman–Crippen LogP) is 6.62. The Morgan fingerprint density at radius 2 is 1.64 bits per heavy atom.